The van der Waals surface area contributed by atoms with E-state index in [1.165, 1.54) is 7.11 Å². The Morgan fingerprint density at radius 3 is 2.67 bits per heavy atom. The summed E-state index contributed by atoms with van der Waals surface area (Å²) in [5.41, 5.74) is 0.571. The van der Waals surface area contributed by atoms with Crippen molar-refractivity contribution in [3.05, 3.63) is 15.8 Å². The molecule has 1 saturated carbocycles. The van der Waals surface area contributed by atoms with Gasteiger partial charge in [0.25, 0.3) is 0 Å². The molecule has 7 heteroatoms. The number of nitrogens with one attached hydrogen (secondary N) is 1. The van der Waals surface area contributed by atoms with E-state index in [-0.39, 0.29) is 15.8 Å². The van der Waals surface area contributed by atoms with Crippen LogP contribution in [0.5, 0.6) is 0 Å². The zero-order valence-corrected chi connectivity index (χ0v) is 12.0. The number of esters is 1. The Bertz CT molecular complexity index is 576. The van der Waals surface area contributed by atoms with E-state index in [1.54, 1.807) is 12.3 Å². The molecule has 1 aliphatic rings. The third-order valence-corrected chi connectivity index (χ3v) is 5.86. The number of sulfonamides is 1. The monoisotopic (exact) mass is 289 g/mol. The van der Waals surface area contributed by atoms with Crippen molar-refractivity contribution in [2.45, 2.75) is 31.2 Å². The zero-order valence-electron chi connectivity index (χ0n) is 10.4. The van der Waals surface area contributed by atoms with Crippen LogP contribution < -0.4 is 4.72 Å². The molecule has 0 bridgehead atoms. The van der Waals surface area contributed by atoms with Crippen molar-refractivity contribution < 1.29 is 17.9 Å². The predicted octanol–water partition coefficient (Wildman–Crippen LogP) is 1.53. The van der Waals surface area contributed by atoms with Crippen LogP contribution in [0.25, 0.3) is 0 Å². The van der Waals surface area contributed by atoms with Gasteiger partial charge in [0, 0.05) is 6.04 Å². The predicted molar refractivity (Wildman–Crippen MR) is 68.3 cm³/mol. The minimum absolute atomic E-state index is 0.0141. The molecule has 0 aliphatic heterocycles. The number of carbonyl (C=O) groups excluding carboxylic acids is 1. The summed E-state index contributed by atoms with van der Waals surface area (Å²) < 4.78 is 31.7. The largest absolute Gasteiger partial charge is 0.465 e. The molecule has 2 unspecified atom stereocenters. The lowest BCUT2D eigenvalue weighted by atomic mass is 10.3. The molecule has 0 radical (unpaired) electrons. The van der Waals surface area contributed by atoms with Crippen molar-refractivity contribution in [1.29, 1.82) is 0 Å². The number of carbonyl (C=O) groups is 1. The molecule has 1 fully saturated rings. The first-order chi connectivity index (χ1) is 8.36. The fourth-order valence-corrected chi connectivity index (χ4v) is 4.81. The highest BCUT2D eigenvalue weighted by molar-refractivity contribution is 7.89. The van der Waals surface area contributed by atoms with Crippen LogP contribution in [0.3, 0.4) is 0 Å². The van der Waals surface area contributed by atoms with Crippen molar-refractivity contribution >= 4 is 27.3 Å². The van der Waals surface area contributed by atoms with E-state index in [4.69, 9.17) is 0 Å². The van der Waals surface area contributed by atoms with Gasteiger partial charge in [-0.3, -0.25) is 0 Å². The van der Waals surface area contributed by atoms with Gasteiger partial charge < -0.3 is 4.74 Å². The molecular weight excluding hydrogens is 274 g/mol. The highest BCUT2D eigenvalue weighted by Gasteiger charge is 2.38. The molecule has 1 N–H and O–H groups in total. The van der Waals surface area contributed by atoms with Gasteiger partial charge in [0.15, 0.2) is 0 Å². The van der Waals surface area contributed by atoms with Crippen LogP contribution >= 0.6 is 11.3 Å². The number of thiophene rings is 1. The topological polar surface area (TPSA) is 72.5 Å². The van der Waals surface area contributed by atoms with E-state index < -0.39 is 16.0 Å². The minimum Gasteiger partial charge on any atom is -0.465 e. The molecule has 1 aliphatic carbocycles. The van der Waals surface area contributed by atoms with Gasteiger partial charge in [-0.25, -0.2) is 17.9 Å². The second kappa shape index (κ2) is 4.64. The van der Waals surface area contributed by atoms with Crippen LogP contribution in [0.15, 0.2) is 10.3 Å². The Balaban J connectivity index is 2.37. The normalized spacial score (nSPS) is 22.8. The Hall–Kier alpha value is -0.920. The van der Waals surface area contributed by atoms with Gasteiger partial charge in [0.1, 0.15) is 9.77 Å². The molecule has 1 aromatic heterocycles. The first-order valence-electron chi connectivity index (χ1n) is 5.55. The lowest BCUT2D eigenvalue weighted by Gasteiger charge is -2.07. The Morgan fingerprint density at radius 2 is 2.17 bits per heavy atom. The highest BCUT2D eigenvalue weighted by Crippen LogP contribution is 2.33. The van der Waals surface area contributed by atoms with Crippen molar-refractivity contribution in [1.82, 2.24) is 4.72 Å². The molecule has 0 saturated heterocycles. The van der Waals surface area contributed by atoms with Gasteiger partial charge in [0.2, 0.25) is 10.0 Å². The second-order valence-electron chi connectivity index (χ2n) is 4.51. The van der Waals surface area contributed by atoms with Crippen LogP contribution in [-0.2, 0) is 14.8 Å². The van der Waals surface area contributed by atoms with Crippen molar-refractivity contribution in [3.8, 4) is 0 Å². The van der Waals surface area contributed by atoms with Gasteiger partial charge in [-0.1, -0.05) is 6.92 Å². The molecule has 2 rings (SSSR count). The summed E-state index contributed by atoms with van der Waals surface area (Å²) in [6, 6.07) is -0.0141. The number of rotatable bonds is 4. The van der Waals surface area contributed by atoms with Gasteiger partial charge in [-0.15, -0.1) is 11.3 Å². The Kier molecular flexibility index (Phi) is 3.48. The first-order valence-corrected chi connectivity index (χ1v) is 7.92. The standard InChI is InChI=1S/C11H15NO4S2/c1-6-4-8(6)12-18(14,15)10-7(2)5-17-9(10)11(13)16-3/h5-6,8,12H,4H2,1-3H3. The summed E-state index contributed by atoms with van der Waals surface area (Å²) in [5.74, 6) is -0.252. The van der Waals surface area contributed by atoms with Crippen LogP contribution in [0.2, 0.25) is 0 Å². The molecule has 1 aromatic rings. The van der Waals surface area contributed by atoms with Crippen molar-refractivity contribution in [2.75, 3.05) is 7.11 Å². The van der Waals surface area contributed by atoms with E-state index in [2.05, 4.69) is 9.46 Å². The molecular formula is C11H15NO4S2. The maximum atomic E-state index is 12.2. The van der Waals surface area contributed by atoms with E-state index in [9.17, 15) is 13.2 Å². The zero-order chi connectivity index (χ0) is 13.5. The summed E-state index contributed by atoms with van der Waals surface area (Å²) in [6.07, 6.45) is 0.843. The minimum atomic E-state index is -3.64. The van der Waals surface area contributed by atoms with Crippen molar-refractivity contribution in [3.63, 3.8) is 0 Å². The molecule has 0 amide bonds. The average molecular weight is 289 g/mol. The fourth-order valence-electron chi connectivity index (χ4n) is 1.75. The van der Waals surface area contributed by atoms with Gasteiger partial charge in [-0.05, 0) is 30.2 Å². The van der Waals surface area contributed by atoms with E-state index in [0.717, 1.165) is 17.8 Å². The first kappa shape index (κ1) is 13.5. The molecule has 1 heterocycles. The number of hydrogen-bond donors (Lipinski definition) is 1. The van der Waals surface area contributed by atoms with Gasteiger partial charge >= 0.3 is 5.97 Å². The van der Waals surface area contributed by atoms with Crippen LogP contribution in [0.1, 0.15) is 28.6 Å². The van der Waals surface area contributed by atoms with Gasteiger partial charge in [0.05, 0.1) is 7.11 Å². The summed E-state index contributed by atoms with van der Waals surface area (Å²) in [4.78, 5) is 11.7. The van der Waals surface area contributed by atoms with Crippen LogP contribution in [0, 0.1) is 12.8 Å². The highest BCUT2D eigenvalue weighted by atomic mass is 32.2. The SMILES string of the molecule is COC(=O)c1scc(C)c1S(=O)(=O)NC1CC1C. The molecule has 18 heavy (non-hydrogen) atoms. The summed E-state index contributed by atoms with van der Waals surface area (Å²) in [5, 5.41) is 1.65. The molecule has 2 atom stereocenters. The van der Waals surface area contributed by atoms with Crippen LogP contribution in [-0.4, -0.2) is 27.5 Å². The quantitative estimate of drug-likeness (QED) is 0.853. The Morgan fingerprint density at radius 1 is 1.56 bits per heavy atom. The third kappa shape index (κ3) is 2.43. The lowest BCUT2D eigenvalue weighted by molar-refractivity contribution is 0.0602. The molecule has 0 aromatic carbocycles. The van der Waals surface area contributed by atoms with E-state index >= 15 is 0 Å². The summed E-state index contributed by atoms with van der Waals surface area (Å²) >= 11 is 1.09. The number of aryl methyl sites for hydroxylation is 1. The molecule has 5 nitrogen and oxygen atoms in total. The smallest absolute Gasteiger partial charge is 0.349 e. The second-order valence-corrected chi connectivity index (χ2v) is 7.04. The maximum absolute atomic E-state index is 12.2. The van der Waals surface area contributed by atoms with Crippen LogP contribution in [0.4, 0.5) is 0 Å². The van der Waals surface area contributed by atoms with E-state index in [1.807, 2.05) is 6.92 Å². The van der Waals surface area contributed by atoms with Crippen molar-refractivity contribution in [2.24, 2.45) is 5.92 Å². The lowest BCUT2D eigenvalue weighted by Crippen LogP contribution is -2.28. The van der Waals surface area contributed by atoms with E-state index in [0.29, 0.717) is 11.5 Å². The number of hydrogen-bond acceptors (Lipinski definition) is 5. The number of methoxy groups -OCH3 is 1. The Labute approximate surface area is 110 Å². The third-order valence-electron chi connectivity index (χ3n) is 2.97. The fraction of sp³-hybridized carbons (Fsp3) is 0.545. The molecule has 100 valence electrons. The summed E-state index contributed by atoms with van der Waals surface area (Å²) in [6.45, 7) is 3.66. The molecule has 0 spiro atoms. The maximum Gasteiger partial charge on any atom is 0.349 e. The average Bonchev–Trinajstić information content (AvgIpc) is 2.81. The summed E-state index contributed by atoms with van der Waals surface area (Å²) in [7, 11) is -2.40. The van der Waals surface area contributed by atoms with Gasteiger partial charge in [-0.2, -0.15) is 0 Å². The number of ether oxygens (including phenoxy) is 1.